The fourth-order valence-electron chi connectivity index (χ4n) is 2.92. The SMILES string of the molecule is NC(=O)C1CCN1C(=O)C1[C@H]2CNC[C@@H]12. The van der Waals surface area contributed by atoms with E-state index in [9.17, 15) is 9.59 Å². The Labute approximate surface area is 88.0 Å². The number of carbonyl (C=O) groups excluding carboxylic acids is 2. The molecule has 0 aromatic heterocycles. The molecule has 2 saturated heterocycles. The molecule has 1 saturated carbocycles. The van der Waals surface area contributed by atoms with Crippen LogP contribution in [0.4, 0.5) is 0 Å². The van der Waals surface area contributed by atoms with E-state index in [0.29, 0.717) is 18.4 Å². The maximum absolute atomic E-state index is 12.0. The van der Waals surface area contributed by atoms with Crippen molar-refractivity contribution in [1.29, 1.82) is 0 Å². The Bertz CT molecular complexity index is 321. The topological polar surface area (TPSA) is 75.4 Å². The van der Waals surface area contributed by atoms with Gasteiger partial charge in [-0.05, 0) is 31.3 Å². The summed E-state index contributed by atoms with van der Waals surface area (Å²) in [5, 5.41) is 3.25. The average molecular weight is 209 g/mol. The van der Waals surface area contributed by atoms with Gasteiger partial charge in [0.15, 0.2) is 0 Å². The zero-order valence-corrected chi connectivity index (χ0v) is 8.48. The van der Waals surface area contributed by atoms with Crippen LogP contribution < -0.4 is 11.1 Å². The second-order valence-corrected chi connectivity index (χ2v) is 4.75. The van der Waals surface area contributed by atoms with Crippen molar-refractivity contribution in [2.24, 2.45) is 23.5 Å². The number of rotatable bonds is 2. The highest BCUT2D eigenvalue weighted by Gasteiger charge is 2.59. The van der Waals surface area contributed by atoms with E-state index >= 15 is 0 Å². The lowest BCUT2D eigenvalue weighted by atomic mass is 10.0. The average Bonchev–Trinajstić information content (AvgIpc) is 2.58. The van der Waals surface area contributed by atoms with Crippen LogP contribution in [-0.4, -0.2) is 42.4 Å². The largest absolute Gasteiger partial charge is 0.368 e. The summed E-state index contributed by atoms with van der Waals surface area (Å²) >= 11 is 0. The fourth-order valence-corrected chi connectivity index (χ4v) is 2.92. The highest BCUT2D eigenvalue weighted by atomic mass is 16.2. The molecular weight excluding hydrogens is 194 g/mol. The molecule has 5 heteroatoms. The molecule has 3 fully saturated rings. The normalized spacial score (nSPS) is 42.0. The standard InChI is InChI=1S/C10H15N3O2/c11-9(14)7-1-2-13(7)10(15)8-5-3-12-4-6(5)8/h5-8,12H,1-4H2,(H2,11,14)/t5-,6+,7?,8?. The van der Waals surface area contributed by atoms with Crippen molar-refractivity contribution in [3.8, 4) is 0 Å². The van der Waals surface area contributed by atoms with Gasteiger partial charge in [-0.3, -0.25) is 9.59 Å². The maximum atomic E-state index is 12.0. The number of fused-ring (bicyclic) bond motifs is 1. The van der Waals surface area contributed by atoms with Gasteiger partial charge >= 0.3 is 0 Å². The number of primary amides is 1. The summed E-state index contributed by atoms with van der Waals surface area (Å²) in [7, 11) is 0. The summed E-state index contributed by atoms with van der Waals surface area (Å²) in [4.78, 5) is 24.7. The van der Waals surface area contributed by atoms with Crippen molar-refractivity contribution >= 4 is 11.8 Å². The highest BCUT2D eigenvalue weighted by molar-refractivity contribution is 5.90. The summed E-state index contributed by atoms with van der Waals surface area (Å²) in [6, 6.07) is -0.327. The Balaban J connectivity index is 1.64. The molecular formula is C10H15N3O2. The Morgan fingerprint density at radius 2 is 1.93 bits per heavy atom. The molecule has 5 nitrogen and oxygen atoms in total. The van der Waals surface area contributed by atoms with Gasteiger partial charge in [0.2, 0.25) is 11.8 Å². The first-order valence-corrected chi connectivity index (χ1v) is 5.50. The van der Waals surface area contributed by atoms with Gasteiger partial charge in [-0.1, -0.05) is 0 Å². The van der Waals surface area contributed by atoms with E-state index < -0.39 is 0 Å². The van der Waals surface area contributed by atoms with Gasteiger partial charge in [0.1, 0.15) is 6.04 Å². The van der Waals surface area contributed by atoms with Gasteiger partial charge in [-0.2, -0.15) is 0 Å². The second kappa shape index (κ2) is 2.95. The fraction of sp³-hybridized carbons (Fsp3) is 0.800. The van der Waals surface area contributed by atoms with Crippen molar-refractivity contribution < 1.29 is 9.59 Å². The van der Waals surface area contributed by atoms with Gasteiger partial charge in [-0.15, -0.1) is 0 Å². The van der Waals surface area contributed by atoms with Crippen LogP contribution in [0.3, 0.4) is 0 Å². The molecule has 2 amide bonds. The molecule has 0 bridgehead atoms. The van der Waals surface area contributed by atoms with Crippen molar-refractivity contribution in [2.45, 2.75) is 12.5 Å². The molecule has 0 aromatic rings. The van der Waals surface area contributed by atoms with Crippen LogP contribution in [0.25, 0.3) is 0 Å². The zero-order chi connectivity index (χ0) is 10.6. The molecule has 4 atom stereocenters. The van der Waals surface area contributed by atoms with Gasteiger partial charge in [-0.25, -0.2) is 0 Å². The Kier molecular flexibility index (Phi) is 1.80. The molecule has 0 aromatic carbocycles. The molecule has 2 aliphatic heterocycles. The number of hydrogen-bond donors (Lipinski definition) is 2. The number of likely N-dealkylation sites (tertiary alicyclic amines) is 1. The molecule has 2 unspecified atom stereocenters. The number of nitrogens with one attached hydrogen (secondary N) is 1. The first kappa shape index (κ1) is 9.15. The highest BCUT2D eigenvalue weighted by Crippen LogP contribution is 2.50. The summed E-state index contributed by atoms with van der Waals surface area (Å²) in [6.45, 7) is 2.61. The molecule has 82 valence electrons. The molecule has 1 aliphatic carbocycles. The van der Waals surface area contributed by atoms with Crippen molar-refractivity contribution in [2.75, 3.05) is 19.6 Å². The monoisotopic (exact) mass is 209 g/mol. The van der Waals surface area contributed by atoms with Crippen LogP contribution in [0, 0.1) is 17.8 Å². The third-order valence-electron chi connectivity index (χ3n) is 4.01. The minimum atomic E-state index is -0.362. The number of amides is 2. The third-order valence-corrected chi connectivity index (χ3v) is 4.01. The summed E-state index contributed by atoms with van der Waals surface area (Å²) in [5.74, 6) is 1.01. The lowest BCUT2D eigenvalue weighted by molar-refractivity contribution is -0.147. The van der Waals surface area contributed by atoms with Gasteiger partial charge in [0.25, 0.3) is 0 Å². The van der Waals surface area contributed by atoms with Crippen molar-refractivity contribution in [3.05, 3.63) is 0 Å². The molecule has 3 rings (SSSR count). The van der Waals surface area contributed by atoms with E-state index in [4.69, 9.17) is 5.73 Å². The molecule has 3 aliphatic rings. The maximum Gasteiger partial charge on any atom is 0.240 e. The van der Waals surface area contributed by atoms with Crippen LogP contribution >= 0.6 is 0 Å². The van der Waals surface area contributed by atoms with Gasteiger partial charge < -0.3 is 16.0 Å². The van der Waals surface area contributed by atoms with Gasteiger partial charge in [0.05, 0.1) is 0 Å². The minimum absolute atomic E-state index is 0.154. The molecule has 2 heterocycles. The second-order valence-electron chi connectivity index (χ2n) is 4.75. The van der Waals surface area contributed by atoms with E-state index in [1.54, 1.807) is 4.90 Å². The molecule has 0 spiro atoms. The predicted octanol–water partition coefficient (Wildman–Crippen LogP) is -1.46. The molecule has 15 heavy (non-hydrogen) atoms. The van der Waals surface area contributed by atoms with Crippen LogP contribution in [0.15, 0.2) is 0 Å². The Morgan fingerprint density at radius 3 is 2.40 bits per heavy atom. The predicted molar refractivity (Wildman–Crippen MR) is 52.7 cm³/mol. The first-order chi connectivity index (χ1) is 7.20. The number of piperidine rings is 1. The van der Waals surface area contributed by atoms with E-state index in [1.165, 1.54) is 0 Å². The van der Waals surface area contributed by atoms with E-state index in [0.717, 1.165) is 19.5 Å². The first-order valence-electron chi connectivity index (χ1n) is 5.50. The molecule has 3 N–H and O–H groups in total. The number of hydrogen-bond acceptors (Lipinski definition) is 3. The minimum Gasteiger partial charge on any atom is -0.368 e. The Morgan fingerprint density at radius 1 is 1.27 bits per heavy atom. The van der Waals surface area contributed by atoms with E-state index in [1.807, 2.05) is 0 Å². The van der Waals surface area contributed by atoms with Crippen LogP contribution in [-0.2, 0) is 9.59 Å². The smallest absolute Gasteiger partial charge is 0.240 e. The van der Waals surface area contributed by atoms with Gasteiger partial charge in [0, 0.05) is 12.5 Å². The number of nitrogens with two attached hydrogens (primary N) is 1. The van der Waals surface area contributed by atoms with Crippen LogP contribution in [0.2, 0.25) is 0 Å². The molecule has 0 radical (unpaired) electrons. The Hall–Kier alpha value is -1.10. The summed E-state index contributed by atoms with van der Waals surface area (Å²) < 4.78 is 0. The quantitative estimate of drug-likeness (QED) is 0.583. The number of carbonyl (C=O) groups is 2. The van der Waals surface area contributed by atoms with E-state index in [2.05, 4.69) is 5.32 Å². The van der Waals surface area contributed by atoms with Crippen molar-refractivity contribution in [1.82, 2.24) is 10.2 Å². The summed E-state index contributed by atoms with van der Waals surface area (Å²) in [5.41, 5.74) is 5.22. The van der Waals surface area contributed by atoms with E-state index in [-0.39, 0.29) is 23.8 Å². The van der Waals surface area contributed by atoms with Crippen LogP contribution in [0.5, 0.6) is 0 Å². The lowest BCUT2D eigenvalue weighted by Crippen LogP contribution is -2.58. The third kappa shape index (κ3) is 1.19. The van der Waals surface area contributed by atoms with Crippen molar-refractivity contribution in [3.63, 3.8) is 0 Å². The lowest BCUT2D eigenvalue weighted by Gasteiger charge is -2.39. The van der Waals surface area contributed by atoms with Crippen LogP contribution in [0.1, 0.15) is 6.42 Å². The number of nitrogens with zero attached hydrogens (tertiary/aromatic N) is 1. The summed E-state index contributed by atoms with van der Waals surface area (Å²) in [6.07, 6.45) is 0.737. The zero-order valence-electron chi connectivity index (χ0n) is 8.48.